The Hall–Kier alpha value is -0.610. The molecule has 0 aromatic carbocycles. The number of nitrogens with two attached hydrogens (primary N) is 1. The van der Waals surface area contributed by atoms with Gasteiger partial charge in [0, 0.05) is 37.3 Å². The molecule has 0 aliphatic carbocycles. The van der Waals surface area contributed by atoms with Crippen molar-refractivity contribution in [1.82, 2.24) is 9.80 Å². The van der Waals surface area contributed by atoms with Crippen molar-refractivity contribution in [1.29, 1.82) is 0 Å². The van der Waals surface area contributed by atoms with E-state index >= 15 is 0 Å². The molecule has 0 saturated carbocycles. The molecule has 0 aromatic rings. The number of piperidine rings is 1. The van der Waals surface area contributed by atoms with Crippen LogP contribution in [-0.2, 0) is 4.79 Å². The summed E-state index contributed by atoms with van der Waals surface area (Å²) in [6.07, 6.45) is 4.26. The van der Waals surface area contributed by atoms with Gasteiger partial charge in [0.1, 0.15) is 0 Å². The first kappa shape index (κ1) is 11.9. The Labute approximate surface area is 97.8 Å². The summed E-state index contributed by atoms with van der Waals surface area (Å²) in [5, 5.41) is 0. The van der Waals surface area contributed by atoms with E-state index in [4.69, 9.17) is 5.73 Å². The molecule has 3 atom stereocenters. The zero-order valence-corrected chi connectivity index (χ0v) is 10.3. The van der Waals surface area contributed by atoms with Crippen molar-refractivity contribution >= 4 is 6.41 Å². The molecule has 0 bridgehead atoms. The average Bonchev–Trinajstić information content (AvgIpc) is 2.64. The average molecular weight is 225 g/mol. The molecule has 92 valence electrons. The Morgan fingerprint density at radius 1 is 1.25 bits per heavy atom. The second-order valence-electron chi connectivity index (χ2n) is 5.42. The Balaban J connectivity index is 2.00. The predicted molar refractivity (Wildman–Crippen MR) is 64.0 cm³/mol. The zero-order valence-electron chi connectivity index (χ0n) is 10.3. The van der Waals surface area contributed by atoms with Gasteiger partial charge in [0.25, 0.3) is 0 Å². The molecule has 2 N–H and O–H groups in total. The number of likely N-dealkylation sites (tertiary alicyclic amines) is 2. The topological polar surface area (TPSA) is 49.6 Å². The summed E-state index contributed by atoms with van der Waals surface area (Å²) < 4.78 is 0. The van der Waals surface area contributed by atoms with Gasteiger partial charge >= 0.3 is 0 Å². The van der Waals surface area contributed by atoms with Gasteiger partial charge in [-0.25, -0.2) is 0 Å². The van der Waals surface area contributed by atoms with Crippen LogP contribution in [0.15, 0.2) is 0 Å². The van der Waals surface area contributed by atoms with Crippen LogP contribution in [0.5, 0.6) is 0 Å². The minimum Gasteiger partial charge on any atom is -0.344 e. The maximum atomic E-state index is 10.7. The van der Waals surface area contributed by atoms with Crippen LogP contribution in [0.2, 0.25) is 0 Å². The lowest BCUT2D eigenvalue weighted by atomic mass is 9.91. The summed E-state index contributed by atoms with van der Waals surface area (Å²) in [6.45, 7) is 6.34. The predicted octanol–water partition coefficient (Wildman–Crippen LogP) is 0.417. The number of hydrogen-bond acceptors (Lipinski definition) is 3. The third kappa shape index (κ3) is 2.23. The van der Waals surface area contributed by atoms with E-state index in [2.05, 4.69) is 18.7 Å². The van der Waals surface area contributed by atoms with Crippen molar-refractivity contribution in [3.8, 4) is 0 Å². The summed E-state index contributed by atoms with van der Waals surface area (Å²) in [5.41, 5.74) is 6.04. The fraction of sp³-hybridized carbons (Fsp3) is 0.917. The molecule has 2 aliphatic rings. The van der Waals surface area contributed by atoms with Crippen LogP contribution in [-0.4, -0.2) is 53.5 Å². The summed E-state index contributed by atoms with van der Waals surface area (Å²) in [4.78, 5) is 15.2. The van der Waals surface area contributed by atoms with Crippen molar-refractivity contribution in [2.24, 2.45) is 5.73 Å². The fourth-order valence-corrected chi connectivity index (χ4v) is 3.48. The normalized spacial score (nSPS) is 41.3. The molecule has 0 radical (unpaired) electrons. The molecule has 2 heterocycles. The van der Waals surface area contributed by atoms with Gasteiger partial charge in [-0.2, -0.15) is 0 Å². The first-order valence-corrected chi connectivity index (χ1v) is 6.34. The Kier molecular flexibility index (Phi) is 3.50. The highest BCUT2D eigenvalue weighted by Gasteiger charge is 2.36. The van der Waals surface area contributed by atoms with Gasteiger partial charge in [0.05, 0.1) is 0 Å². The molecule has 2 fully saturated rings. The van der Waals surface area contributed by atoms with Crippen molar-refractivity contribution in [2.75, 3.05) is 13.1 Å². The van der Waals surface area contributed by atoms with E-state index in [0.717, 1.165) is 38.8 Å². The van der Waals surface area contributed by atoms with Crippen LogP contribution in [0.25, 0.3) is 0 Å². The first-order chi connectivity index (χ1) is 7.61. The molecule has 2 saturated heterocycles. The summed E-state index contributed by atoms with van der Waals surface area (Å²) in [7, 11) is 0. The third-order valence-corrected chi connectivity index (χ3v) is 4.07. The van der Waals surface area contributed by atoms with E-state index in [9.17, 15) is 4.79 Å². The second kappa shape index (κ2) is 4.72. The molecule has 4 nitrogen and oxygen atoms in total. The van der Waals surface area contributed by atoms with Gasteiger partial charge < -0.3 is 10.6 Å². The van der Waals surface area contributed by atoms with Crippen LogP contribution >= 0.6 is 0 Å². The molecular weight excluding hydrogens is 202 g/mol. The van der Waals surface area contributed by atoms with Crippen LogP contribution in [0.3, 0.4) is 0 Å². The molecule has 2 rings (SSSR count). The molecule has 2 aliphatic heterocycles. The Morgan fingerprint density at radius 3 is 2.38 bits per heavy atom. The van der Waals surface area contributed by atoms with E-state index < -0.39 is 0 Å². The third-order valence-electron chi connectivity index (χ3n) is 4.07. The van der Waals surface area contributed by atoms with E-state index in [1.807, 2.05) is 4.90 Å². The number of hydrogen-bond donors (Lipinski definition) is 1. The monoisotopic (exact) mass is 225 g/mol. The number of amides is 1. The highest BCUT2D eigenvalue weighted by molar-refractivity contribution is 5.47. The lowest BCUT2D eigenvalue weighted by molar-refractivity contribution is -0.117. The van der Waals surface area contributed by atoms with Gasteiger partial charge in [-0.05, 0) is 33.1 Å². The molecular formula is C12H23N3O. The number of nitrogens with zero attached hydrogens (tertiary/aromatic N) is 2. The largest absolute Gasteiger partial charge is 0.344 e. The Morgan fingerprint density at radius 2 is 1.88 bits per heavy atom. The minimum absolute atomic E-state index is 0.352. The molecule has 3 unspecified atom stereocenters. The number of rotatable bonds is 2. The highest BCUT2D eigenvalue weighted by atomic mass is 16.1. The zero-order chi connectivity index (χ0) is 11.7. The lowest BCUT2D eigenvalue weighted by Crippen LogP contribution is -2.55. The Bertz CT molecular complexity index is 247. The van der Waals surface area contributed by atoms with Crippen LogP contribution in [0.4, 0.5) is 0 Å². The van der Waals surface area contributed by atoms with Gasteiger partial charge in [0.15, 0.2) is 0 Å². The maximum Gasteiger partial charge on any atom is 0.209 e. The van der Waals surface area contributed by atoms with E-state index in [0.29, 0.717) is 24.2 Å². The van der Waals surface area contributed by atoms with E-state index in [1.54, 1.807) is 0 Å². The van der Waals surface area contributed by atoms with E-state index in [1.165, 1.54) is 0 Å². The SMILES string of the molecule is CC1CC(N)CC(C)N1C1CCN(C=O)C1. The molecule has 0 aromatic heterocycles. The molecule has 16 heavy (non-hydrogen) atoms. The van der Waals surface area contributed by atoms with Crippen molar-refractivity contribution in [2.45, 2.75) is 57.3 Å². The van der Waals surface area contributed by atoms with Crippen molar-refractivity contribution in [3.63, 3.8) is 0 Å². The van der Waals surface area contributed by atoms with E-state index in [-0.39, 0.29) is 0 Å². The van der Waals surface area contributed by atoms with Crippen LogP contribution < -0.4 is 5.73 Å². The lowest BCUT2D eigenvalue weighted by Gasteiger charge is -2.45. The summed E-state index contributed by atoms with van der Waals surface area (Å²) >= 11 is 0. The highest BCUT2D eigenvalue weighted by Crippen LogP contribution is 2.28. The standard InChI is InChI=1S/C12H23N3O/c1-9-5-11(13)6-10(2)15(9)12-3-4-14(7-12)8-16/h8-12H,3-7,13H2,1-2H3. The second-order valence-corrected chi connectivity index (χ2v) is 5.42. The van der Waals surface area contributed by atoms with Gasteiger partial charge in [0.2, 0.25) is 6.41 Å². The number of carbonyl (C=O) groups excluding carboxylic acids is 1. The van der Waals surface area contributed by atoms with Crippen LogP contribution in [0.1, 0.15) is 33.1 Å². The summed E-state index contributed by atoms with van der Waals surface area (Å²) in [5.74, 6) is 0. The van der Waals surface area contributed by atoms with Gasteiger partial charge in [-0.1, -0.05) is 0 Å². The van der Waals surface area contributed by atoms with Gasteiger partial charge in [-0.15, -0.1) is 0 Å². The van der Waals surface area contributed by atoms with Gasteiger partial charge in [-0.3, -0.25) is 9.69 Å². The maximum absolute atomic E-state index is 10.7. The fourth-order valence-electron chi connectivity index (χ4n) is 3.48. The number of carbonyl (C=O) groups is 1. The van der Waals surface area contributed by atoms with Crippen molar-refractivity contribution in [3.05, 3.63) is 0 Å². The molecule has 1 amide bonds. The molecule has 4 heteroatoms. The molecule has 0 spiro atoms. The minimum atomic E-state index is 0.352. The summed E-state index contributed by atoms with van der Waals surface area (Å²) in [6, 6.07) is 2.00. The van der Waals surface area contributed by atoms with Crippen LogP contribution in [0, 0.1) is 0 Å². The smallest absolute Gasteiger partial charge is 0.209 e. The van der Waals surface area contributed by atoms with Crippen molar-refractivity contribution < 1.29 is 4.79 Å². The quantitative estimate of drug-likeness (QED) is 0.693. The first-order valence-electron chi connectivity index (χ1n) is 6.34.